The SMILES string of the molecule is COc1ccc(-c2cc(NS(=O)(=O)c3ccc(C)cc3)c(C#N)n2C(C)(C)C)cc1. The standard InChI is InChI=1S/C23H25N3O3S/c1-16-6-12-19(13-7-16)30(27,28)25-20-14-21(17-8-10-18(29-5)11-9-17)26(22(20)15-24)23(2,3)4/h6-14,25H,1-5H3. The zero-order valence-corrected chi connectivity index (χ0v) is 18.5. The molecule has 1 N–H and O–H groups in total. The Morgan fingerprint density at radius 3 is 2.13 bits per heavy atom. The van der Waals surface area contributed by atoms with Crippen molar-refractivity contribution in [2.75, 3.05) is 11.8 Å². The van der Waals surface area contributed by atoms with Crippen molar-refractivity contribution in [3.8, 4) is 23.1 Å². The normalized spacial score (nSPS) is 11.7. The number of ether oxygens (including phenoxy) is 1. The summed E-state index contributed by atoms with van der Waals surface area (Å²) in [4.78, 5) is 0.145. The Balaban J connectivity index is 2.14. The van der Waals surface area contributed by atoms with E-state index in [-0.39, 0.29) is 16.3 Å². The fraction of sp³-hybridized carbons (Fsp3) is 0.261. The molecule has 0 spiro atoms. The first-order chi connectivity index (χ1) is 14.1. The Labute approximate surface area is 177 Å². The van der Waals surface area contributed by atoms with Gasteiger partial charge in [-0.05, 0) is 75.7 Å². The summed E-state index contributed by atoms with van der Waals surface area (Å²) in [6, 6.07) is 17.9. The summed E-state index contributed by atoms with van der Waals surface area (Å²) < 4.78 is 35.5. The molecule has 0 saturated heterocycles. The number of anilines is 1. The third kappa shape index (κ3) is 4.19. The van der Waals surface area contributed by atoms with E-state index in [0.717, 1.165) is 16.8 Å². The predicted molar refractivity (Wildman–Crippen MR) is 118 cm³/mol. The van der Waals surface area contributed by atoms with E-state index in [9.17, 15) is 13.7 Å². The van der Waals surface area contributed by atoms with E-state index >= 15 is 0 Å². The van der Waals surface area contributed by atoms with Gasteiger partial charge < -0.3 is 9.30 Å². The van der Waals surface area contributed by atoms with Crippen LogP contribution in [0, 0.1) is 18.3 Å². The number of nitrogens with one attached hydrogen (secondary N) is 1. The van der Waals surface area contributed by atoms with Gasteiger partial charge in [0.25, 0.3) is 10.0 Å². The van der Waals surface area contributed by atoms with Gasteiger partial charge in [0.15, 0.2) is 0 Å². The highest BCUT2D eigenvalue weighted by atomic mass is 32.2. The Morgan fingerprint density at radius 2 is 1.63 bits per heavy atom. The van der Waals surface area contributed by atoms with Gasteiger partial charge in [-0.25, -0.2) is 8.42 Å². The van der Waals surface area contributed by atoms with E-state index in [1.165, 1.54) is 0 Å². The first kappa shape index (κ1) is 21.5. The van der Waals surface area contributed by atoms with Gasteiger partial charge in [0, 0.05) is 5.54 Å². The summed E-state index contributed by atoms with van der Waals surface area (Å²) in [5, 5.41) is 9.88. The molecule has 1 aromatic heterocycles. The molecule has 0 fully saturated rings. The molecule has 3 rings (SSSR count). The van der Waals surface area contributed by atoms with Crippen LogP contribution in [0.1, 0.15) is 32.0 Å². The Morgan fingerprint density at radius 1 is 1.03 bits per heavy atom. The highest BCUT2D eigenvalue weighted by Crippen LogP contribution is 2.36. The summed E-state index contributed by atoms with van der Waals surface area (Å²) in [5.74, 6) is 0.716. The van der Waals surface area contributed by atoms with Crippen molar-refractivity contribution >= 4 is 15.7 Å². The van der Waals surface area contributed by atoms with Gasteiger partial charge in [-0.15, -0.1) is 0 Å². The number of aryl methyl sites for hydroxylation is 1. The van der Waals surface area contributed by atoms with Crippen LogP contribution >= 0.6 is 0 Å². The molecule has 0 aliphatic heterocycles. The van der Waals surface area contributed by atoms with Crippen LogP contribution < -0.4 is 9.46 Å². The molecule has 3 aromatic rings. The maximum Gasteiger partial charge on any atom is 0.261 e. The second kappa shape index (κ2) is 7.88. The minimum absolute atomic E-state index is 0.145. The molecule has 0 atom stereocenters. The molecule has 2 aromatic carbocycles. The van der Waals surface area contributed by atoms with Crippen LogP contribution in [0.3, 0.4) is 0 Å². The molecule has 0 aliphatic rings. The van der Waals surface area contributed by atoms with E-state index in [1.807, 2.05) is 56.5 Å². The lowest BCUT2D eigenvalue weighted by molar-refractivity contribution is 0.399. The quantitative estimate of drug-likeness (QED) is 0.633. The molecule has 0 saturated carbocycles. The minimum atomic E-state index is -3.84. The minimum Gasteiger partial charge on any atom is -0.497 e. The van der Waals surface area contributed by atoms with Gasteiger partial charge in [0.05, 0.1) is 23.4 Å². The summed E-state index contributed by atoms with van der Waals surface area (Å²) >= 11 is 0. The fourth-order valence-electron chi connectivity index (χ4n) is 3.29. The number of nitriles is 1. The zero-order valence-electron chi connectivity index (χ0n) is 17.7. The number of rotatable bonds is 5. The Bertz CT molecular complexity index is 1190. The molecule has 7 heteroatoms. The third-order valence-corrected chi connectivity index (χ3v) is 6.12. The number of hydrogen-bond acceptors (Lipinski definition) is 4. The number of aromatic nitrogens is 1. The summed E-state index contributed by atoms with van der Waals surface area (Å²) in [6.45, 7) is 7.81. The van der Waals surface area contributed by atoms with Crippen molar-refractivity contribution < 1.29 is 13.2 Å². The van der Waals surface area contributed by atoms with Crippen molar-refractivity contribution in [2.24, 2.45) is 0 Å². The van der Waals surface area contributed by atoms with E-state index in [4.69, 9.17) is 4.74 Å². The van der Waals surface area contributed by atoms with E-state index in [2.05, 4.69) is 10.8 Å². The van der Waals surface area contributed by atoms with Gasteiger partial charge in [-0.2, -0.15) is 5.26 Å². The third-order valence-electron chi connectivity index (χ3n) is 4.74. The number of methoxy groups -OCH3 is 1. The predicted octanol–water partition coefficient (Wildman–Crippen LogP) is 4.90. The molecule has 0 aliphatic carbocycles. The summed E-state index contributed by atoms with van der Waals surface area (Å²) in [6.07, 6.45) is 0. The van der Waals surface area contributed by atoms with Gasteiger partial charge in [0.2, 0.25) is 0 Å². The fourth-order valence-corrected chi connectivity index (χ4v) is 4.35. The number of sulfonamides is 1. The molecule has 0 amide bonds. The van der Waals surface area contributed by atoms with Crippen LogP contribution in [0.25, 0.3) is 11.3 Å². The number of benzene rings is 2. The Kier molecular flexibility index (Phi) is 5.64. The smallest absolute Gasteiger partial charge is 0.261 e. The molecule has 1 heterocycles. The van der Waals surface area contributed by atoms with Gasteiger partial charge in [-0.3, -0.25) is 4.72 Å². The molecule has 0 bridgehead atoms. The van der Waals surface area contributed by atoms with Crippen molar-refractivity contribution in [3.63, 3.8) is 0 Å². The van der Waals surface area contributed by atoms with Crippen LogP contribution in [0.15, 0.2) is 59.5 Å². The summed E-state index contributed by atoms with van der Waals surface area (Å²) in [5.41, 5.74) is 2.61. The highest BCUT2D eigenvalue weighted by molar-refractivity contribution is 7.92. The van der Waals surface area contributed by atoms with Gasteiger partial charge in [-0.1, -0.05) is 17.7 Å². The van der Waals surface area contributed by atoms with Crippen LogP contribution in [-0.2, 0) is 15.6 Å². The molecule has 0 radical (unpaired) electrons. The molecular weight excluding hydrogens is 398 g/mol. The topological polar surface area (TPSA) is 84.1 Å². The molecule has 156 valence electrons. The molecule has 0 unspecified atom stereocenters. The van der Waals surface area contributed by atoms with Crippen LogP contribution in [-0.4, -0.2) is 20.1 Å². The van der Waals surface area contributed by atoms with E-state index in [1.54, 1.807) is 37.4 Å². The summed E-state index contributed by atoms with van der Waals surface area (Å²) in [7, 11) is -2.24. The first-order valence-electron chi connectivity index (χ1n) is 9.47. The van der Waals surface area contributed by atoms with E-state index in [0.29, 0.717) is 5.75 Å². The Hall–Kier alpha value is -3.24. The largest absolute Gasteiger partial charge is 0.497 e. The lowest BCUT2D eigenvalue weighted by Gasteiger charge is -2.26. The number of hydrogen-bond donors (Lipinski definition) is 1. The lowest BCUT2D eigenvalue weighted by atomic mass is 10.1. The maximum atomic E-state index is 12.9. The van der Waals surface area contributed by atoms with Crippen LogP contribution in [0.5, 0.6) is 5.75 Å². The second-order valence-electron chi connectivity index (χ2n) is 8.06. The number of nitrogens with zero attached hydrogens (tertiary/aromatic N) is 2. The first-order valence-corrected chi connectivity index (χ1v) is 11.0. The molecular formula is C23H25N3O3S. The van der Waals surface area contributed by atoms with Crippen LogP contribution in [0.4, 0.5) is 5.69 Å². The van der Waals surface area contributed by atoms with Crippen LogP contribution in [0.2, 0.25) is 0 Å². The zero-order chi connectivity index (χ0) is 22.1. The van der Waals surface area contributed by atoms with Gasteiger partial charge >= 0.3 is 0 Å². The molecule has 30 heavy (non-hydrogen) atoms. The van der Waals surface area contributed by atoms with Crippen molar-refractivity contribution in [1.29, 1.82) is 5.26 Å². The molecule has 6 nitrogen and oxygen atoms in total. The van der Waals surface area contributed by atoms with E-state index < -0.39 is 15.6 Å². The van der Waals surface area contributed by atoms with Crippen molar-refractivity contribution in [2.45, 2.75) is 38.1 Å². The van der Waals surface area contributed by atoms with Crippen molar-refractivity contribution in [3.05, 3.63) is 65.9 Å². The highest BCUT2D eigenvalue weighted by Gasteiger charge is 2.27. The van der Waals surface area contributed by atoms with Crippen molar-refractivity contribution in [1.82, 2.24) is 4.57 Å². The average molecular weight is 424 g/mol. The average Bonchev–Trinajstić information content (AvgIpc) is 3.06. The maximum absolute atomic E-state index is 12.9. The second-order valence-corrected chi connectivity index (χ2v) is 9.74. The monoisotopic (exact) mass is 423 g/mol. The van der Waals surface area contributed by atoms with Gasteiger partial charge in [0.1, 0.15) is 17.5 Å². The lowest BCUT2D eigenvalue weighted by Crippen LogP contribution is -2.24.